The van der Waals surface area contributed by atoms with Crippen molar-refractivity contribution < 1.29 is 33.6 Å². The van der Waals surface area contributed by atoms with Crippen LogP contribution in [0.1, 0.15) is 56.2 Å². The van der Waals surface area contributed by atoms with Gasteiger partial charge in [0.05, 0.1) is 50.8 Å². The highest BCUT2D eigenvalue weighted by atomic mass is 16.5. The third-order valence-corrected chi connectivity index (χ3v) is 9.56. The lowest BCUT2D eigenvalue weighted by molar-refractivity contribution is -0.142. The number of carbonyl (C=O) groups excluding carboxylic acids is 1. The molecule has 10 heteroatoms. The zero-order valence-electron chi connectivity index (χ0n) is 29.1. The van der Waals surface area contributed by atoms with E-state index in [2.05, 4.69) is 42.2 Å². The van der Waals surface area contributed by atoms with E-state index in [0.717, 1.165) is 54.1 Å². The summed E-state index contributed by atoms with van der Waals surface area (Å²) in [5, 5.41) is 10.7. The molecule has 3 N–H and O–H groups in total. The largest absolute Gasteiger partial charge is 0.490 e. The van der Waals surface area contributed by atoms with Gasteiger partial charge in [-0.15, -0.1) is 0 Å². The molecule has 0 spiro atoms. The molecule has 2 aliphatic heterocycles. The van der Waals surface area contributed by atoms with Crippen LogP contribution >= 0.6 is 0 Å². The van der Waals surface area contributed by atoms with E-state index in [1.165, 1.54) is 0 Å². The van der Waals surface area contributed by atoms with Gasteiger partial charge in [0.25, 0.3) is 0 Å². The summed E-state index contributed by atoms with van der Waals surface area (Å²) in [6.07, 6.45) is 1.42. The van der Waals surface area contributed by atoms with Crippen molar-refractivity contribution in [3.05, 3.63) is 59.2 Å². The summed E-state index contributed by atoms with van der Waals surface area (Å²) in [5.41, 5.74) is 10.7. The van der Waals surface area contributed by atoms with E-state index in [1.54, 1.807) is 19.1 Å². The van der Waals surface area contributed by atoms with Gasteiger partial charge < -0.3 is 44.3 Å². The molecule has 1 saturated heterocycles. The molecule has 0 saturated carbocycles. The molecule has 4 rings (SSSR count). The zero-order chi connectivity index (χ0) is 33.8. The summed E-state index contributed by atoms with van der Waals surface area (Å²) < 4.78 is 29.1. The molecular weight excluding hydrogens is 598 g/mol. The average Bonchev–Trinajstić information content (AvgIpc) is 3.10. The highest BCUT2D eigenvalue weighted by Crippen LogP contribution is 2.37. The highest BCUT2D eigenvalue weighted by Gasteiger charge is 2.41. The molecule has 10 nitrogen and oxygen atoms in total. The Kier molecular flexibility index (Phi) is 14.8. The van der Waals surface area contributed by atoms with Gasteiger partial charge in [0.2, 0.25) is 5.91 Å². The lowest BCUT2D eigenvalue weighted by Crippen LogP contribution is -2.56. The Bertz CT molecular complexity index is 1230. The van der Waals surface area contributed by atoms with Crippen LogP contribution in [0.3, 0.4) is 0 Å². The smallest absolute Gasteiger partial charge is 0.239 e. The maximum absolute atomic E-state index is 13.6. The van der Waals surface area contributed by atoms with Crippen LogP contribution in [-0.2, 0) is 37.0 Å². The number of benzene rings is 2. The van der Waals surface area contributed by atoms with Crippen molar-refractivity contribution in [1.82, 2.24) is 4.90 Å². The maximum Gasteiger partial charge on any atom is 0.239 e. The topological polar surface area (TPSA) is 116 Å². The van der Waals surface area contributed by atoms with Crippen LogP contribution in [0.2, 0.25) is 0 Å². The summed E-state index contributed by atoms with van der Waals surface area (Å²) in [6.45, 7) is 12.2. The number of rotatable bonds is 18. The van der Waals surface area contributed by atoms with E-state index >= 15 is 0 Å². The average molecular weight is 656 g/mol. The minimum absolute atomic E-state index is 0.0592. The fourth-order valence-electron chi connectivity index (χ4n) is 6.60. The van der Waals surface area contributed by atoms with Crippen LogP contribution in [-0.4, -0.2) is 101 Å². The summed E-state index contributed by atoms with van der Waals surface area (Å²) in [7, 11) is 3.43. The normalized spacial score (nSPS) is 21.6. The molecule has 0 bridgehead atoms. The number of fused-ring (bicyclic) bond motifs is 1. The summed E-state index contributed by atoms with van der Waals surface area (Å²) in [6, 6.07) is 14.0. The van der Waals surface area contributed by atoms with Crippen molar-refractivity contribution in [2.45, 2.75) is 64.9 Å². The standard InChI is InChI=1S/C37H57N3O7/c1-6-27(3)36(38)37(42)40-19-31(21-41)35(30-11-8-28(9-12-30)24-45-23-26(2)22-44-5)34(20-40)47-25-29-10-13-33-32(18-29)39(15-17-46-33)14-7-16-43-4/h8-13,18,26-27,31,34-36,41H,6-7,14-17,19-25,38H2,1-5H3/t26?,27-,31-,34-,35-,36-/m0/s1. The number of nitrogens with two attached hydrogens (primary N) is 1. The Labute approximate surface area is 281 Å². The molecule has 2 aromatic carbocycles. The first-order valence-electron chi connectivity index (χ1n) is 17.2. The number of aliphatic hydroxyl groups is 1. The van der Waals surface area contributed by atoms with Gasteiger partial charge in [-0.25, -0.2) is 0 Å². The van der Waals surface area contributed by atoms with Crippen molar-refractivity contribution in [2.24, 2.45) is 23.5 Å². The Morgan fingerprint density at radius 3 is 2.51 bits per heavy atom. The quantitative estimate of drug-likeness (QED) is 0.228. The molecule has 2 aliphatic rings. The number of hydrogen-bond acceptors (Lipinski definition) is 9. The van der Waals surface area contributed by atoms with Crippen LogP contribution in [0.5, 0.6) is 5.75 Å². The van der Waals surface area contributed by atoms with Crippen molar-refractivity contribution in [2.75, 3.05) is 78.3 Å². The van der Waals surface area contributed by atoms with Gasteiger partial charge in [0.1, 0.15) is 12.4 Å². The van der Waals surface area contributed by atoms with Crippen LogP contribution < -0.4 is 15.4 Å². The first-order chi connectivity index (χ1) is 22.8. The van der Waals surface area contributed by atoms with Crippen LogP contribution in [0.25, 0.3) is 0 Å². The minimum atomic E-state index is -0.591. The van der Waals surface area contributed by atoms with E-state index in [4.69, 9.17) is 29.4 Å². The monoisotopic (exact) mass is 655 g/mol. The van der Waals surface area contributed by atoms with Crippen LogP contribution in [0.15, 0.2) is 42.5 Å². The Hall–Kier alpha value is -2.73. The molecule has 47 heavy (non-hydrogen) atoms. The first kappa shape index (κ1) is 37.1. The van der Waals surface area contributed by atoms with Crippen molar-refractivity contribution in [3.63, 3.8) is 0 Å². The Morgan fingerprint density at radius 1 is 1.04 bits per heavy atom. The van der Waals surface area contributed by atoms with Gasteiger partial charge >= 0.3 is 0 Å². The molecule has 0 aromatic heterocycles. The van der Waals surface area contributed by atoms with E-state index in [1.807, 2.05) is 26.0 Å². The second-order valence-corrected chi connectivity index (χ2v) is 13.3. The van der Waals surface area contributed by atoms with Gasteiger partial charge in [-0.3, -0.25) is 4.79 Å². The Balaban J connectivity index is 1.53. The Morgan fingerprint density at radius 2 is 1.81 bits per heavy atom. The number of hydrogen-bond donors (Lipinski definition) is 2. The molecule has 6 atom stereocenters. The predicted molar refractivity (Wildman–Crippen MR) is 184 cm³/mol. The minimum Gasteiger partial charge on any atom is -0.490 e. The number of ether oxygens (including phenoxy) is 5. The van der Waals surface area contributed by atoms with E-state index in [0.29, 0.717) is 58.6 Å². The lowest BCUT2D eigenvalue weighted by Gasteiger charge is -2.44. The zero-order valence-corrected chi connectivity index (χ0v) is 29.1. The molecule has 262 valence electrons. The first-order valence-corrected chi connectivity index (χ1v) is 17.2. The van der Waals surface area contributed by atoms with Gasteiger partial charge in [0.15, 0.2) is 0 Å². The van der Waals surface area contributed by atoms with Gasteiger partial charge in [-0.2, -0.15) is 0 Å². The predicted octanol–water partition coefficient (Wildman–Crippen LogP) is 4.21. The van der Waals surface area contributed by atoms with Gasteiger partial charge in [-0.05, 0) is 41.2 Å². The number of nitrogens with zero attached hydrogens (tertiary/aromatic N) is 2. The van der Waals surface area contributed by atoms with Crippen molar-refractivity contribution >= 4 is 11.6 Å². The second-order valence-electron chi connectivity index (χ2n) is 13.3. The van der Waals surface area contributed by atoms with E-state index in [9.17, 15) is 9.90 Å². The number of likely N-dealkylation sites (tertiary alicyclic amines) is 1. The molecular formula is C37H57N3O7. The molecule has 0 aliphatic carbocycles. The second kappa shape index (κ2) is 18.7. The summed E-state index contributed by atoms with van der Waals surface area (Å²) >= 11 is 0. The number of piperidine rings is 1. The number of carbonyl (C=O) groups is 1. The number of aliphatic hydroxyl groups excluding tert-OH is 1. The SMILES string of the molecule is CC[C@H](C)[C@H](N)C(=O)N1C[C@@H](CO)[C@H](c2ccc(COCC(C)COC)cc2)[C@@H](OCc2ccc3c(c2)N(CCCOC)CCO3)C1. The van der Waals surface area contributed by atoms with Crippen molar-refractivity contribution in [1.29, 1.82) is 0 Å². The van der Waals surface area contributed by atoms with Crippen LogP contribution in [0, 0.1) is 17.8 Å². The molecule has 2 aromatic rings. The van der Waals surface area contributed by atoms with Gasteiger partial charge in [-0.1, -0.05) is 57.5 Å². The fraction of sp³-hybridized carbons (Fsp3) is 0.649. The molecule has 1 unspecified atom stereocenters. The molecule has 2 heterocycles. The third kappa shape index (κ3) is 10.1. The number of amides is 1. The summed E-state index contributed by atoms with van der Waals surface area (Å²) in [5.74, 6) is 0.868. The molecule has 1 amide bonds. The van der Waals surface area contributed by atoms with Gasteiger partial charge in [0, 0.05) is 64.8 Å². The van der Waals surface area contributed by atoms with Crippen LogP contribution in [0.4, 0.5) is 5.69 Å². The highest BCUT2D eigenvalue weighted by molar-refractivity contribution is 5.82. The summed E-state index contributed by atoms with van der Waals surface area (Å²) in [4.78, 5) is 17.7. The van der Waals surface area contributed by atoms with Crippen molar-refractivity contribution in [3.8, 4) is 5.75 Å². The number of methoxy groups -OCH3 is 2. The number of anilines is 1. The molecule has 1 fully saturated rings. The lowest BCUT2D eigenvalue weighted by atomic mass is 9.78. The third-order valence-electron chi connectivity index (χ3n) is 9.56. The molecule has 0 radical (unpaired) electrons. The van der Waals surface area contributed by atoms with E-state index in [-0.39, 0.29) is 36.4 Å². The fourth-order valence-corrected chi connectivity index (χ4v) is 6.60. The van der Waals surface area contributed by atoms with E-state index < -0.39 is 6.04 Å². The maximum atomic E-state index is 13.6.